The fraction of sp³-hybridized carbons (Fsp3) is 0.385. The smallest absolute Gasteiger partial charge is 0.277 e. The Balaban J connectivity index is 2.10. The molecule has 96 valence electrons. The van der Waals surface area contributed by atoms with Crippen molar-refractivity contribution in [3.63, 3.8) is 0 Å². The van der Waals surface area contributed by atoms with Gasteiger partial charge in [-0.1, -0.05) is 13.0 Å². The third kappa shape index (κ3) is 2.51. The molecule has 0 atom stereocenters. The molecule has 0 saturated heterocycles. The zero-order chi connectivity index (χ0) is 13.1. The van der Waals surface area contributed by atoms with Crippen molar-refractivity contribution >= 4 is 17.4 Å². The lowest BCUT2D eigenvalue weighted by atomic mass is 10.00. The highest BCUT2D eigenvalue weighted by atomic mass is 16.7. The van der Waals surface area contributed by atoms with Gasteiger partial charge in [0, 0.05) is 17.7 Å². The van der Waals surface area contributed by atoms with Gasteiger partial charge in [-0.15, -0.1) is 0 Å². The van der Waals surface area contributed by atoms with Gasteiger partial charge >= 0.3 is 0 Å². The first-order valence-electron chi connectivity index (χ1n) is 5.96. The van der Waals surface area contributed by atoms with Gasteiger partial charge in [-0.2, -0.15) is 0 Å². The van der Waals surface area contributed by atoms with Crippen molar-refractivity contribution in [2.45, 2.75) is 19.8 Å². The number of fused-ring (bicyclic) bond motifs is 1. The van der Waals surface area contributed by atoms with Crippen molar-refractivity contribution in [2.24, 2.45) is 0 Å². The molecule has 0 radical (unpaired) electrons. The van der Waals surface area contributed by atoms with Crippen molar-refractivity contribution < 1.29 is 14.4 Å². The zero-order valence-corrected chi connectivity index (χ0v) is 10.3. The molecule has 0 spiro atoms. The van der Waals surface area contributed by atoms with E-state index in [1.54, 1.807) is 19.1 Å². The van der Waals surface area contributed by atoms with Crippen LogP contribution in [0.3, 0.4) is 0 Å². The highest BCUT2D eigenvalue weighted by Gasteiger charge is 2.25. The quantitative estimate of drug-likeness (QED) is 0.812. The first-order chi connectivity index (χ1) is 8.61. The molecule has 5 heteroatoms. The molecule has 1 aliphatic heterocycles. The second-order valence-electron chi connectivity index (χ2n) is 4.24. The van der Waals surface area contributed by atoms with Gasteiger partial charge in [0.2, 0.25) is 0 Å². The summed E-state index contributed by atoms with van der Waals surface area (Å²) in [6.45, 7) is 2.17. The molecule has 0 fully saturated rings. The van der Waals surface area contributed by atoms with Crippen molar-refractivity contribution in [3.8, 4) is 0 Å². The molecule has 0 aromatic heterocycles. The molecule has 2 N–H and O–H groups in total. The van der Waals surface area contributed by atoms with E-state index in [0.717, 1.165) is 5.56 Å². The maximum absolute atomic E-state index is 12.1. The third-order valence-electron chi connectivity index (χ3n) is 2.95. The molecule has 18 heavy (non-hydrogen) atoms. The average molecular weight is 248 g/mol. The van der Waals surface area contributed by atoms with E-state index in [1.807, 2.05) is 6.07 Å². The lowest BCUT2D eigenvalue weighted by Crippen LogP contribution is -2.38. The summed E-state index contributed by atoms with van der Waals surface area (Å²) < 4.78 is 0. The Labute approximate surface area is 105 Å². The van der Waals surface area contributed by atoms with Crippen molar-refractivity contribution in [1.29, 1.82) is 0 Å². The number of Topliss-reactive ketones (excluding diaryl/α,β-unsaturated/α-hetero) is 1. The summed E-state index contributed by atoms with van der Waals surface area (Å²) in [5.74, 6) is -0.256. The van der Waals surface area contributed by atoms with Crippen molar-refractivity contribution in [1.82, 2.24) is 5.06 Å². The summed E-state index contributed by atoms with van der Waals surface area (Å²) in [7, 11) is 0. The minimum atomic E-state index is -0.229. The van der Waals surface area contributed by atoms with Gasteiger partial charge in [0.05, 0.1) is 6.54 Å². The second-order valence-corrected chi connectivity index (χ2v) is 4.24. The van der Waals surface area contributed by atoms with Crippen LogP contribution in [0.4, 0.5) is 5.69 Å². The number of hydrogen-bond donors (Lipinski definition) is 1. The van der Waals surface area contributed by atoms with E-state index in [-0.39, 0.29) is 18.3 Å². The number of nitrogens with two attached hydrogens (primary N) is 1. The number of hydroxylamine groups is 2. The molecule has 2 rings (SSSR count). The summed E-state index contributed by atoms with van der Waals surface area (Å²) in [6.07, 6.45) is 1.12. The van der Waals surface area contributed by atoms with Crippen LogP contribution >= 0.6 is 0 Å². The summed E-state index contributed by atoms with van der Waals surface area (Å²) in [4.78, 5) is 28.5. The first kappa shape index (κ1) is 12.6. The Morgan fingerprint density at radius 1 is 1.50 bits per heavy atom. The zero-order valence-electron chi connectivity index (χ0n) is 10.3. The Morgan fingerprint density at radius 3 is 3.00 bits per heavy atom. The largest absolute Gasteiger partial charge is 0.399 e. The number of nitrogen functional groups attached to an aromatic ring is 1. The van der Waals surface area contributed by atoms with E-state index in [2.05, 4.69) is 0 Å². The molecular weight excluding hydrogens is 232 g/mol. The van der Waals surface area contributed by atoms with Crippen LogP contribution in [-0.2, 0) is 16.1 Å². The fourth-order valence-corrected chi connectivity index (χ4v) is 1.84. The van der Waals surface area contributed by atoms with Gasteiger partial charge in [-0.25, -0.2) is 5.06 Å². The Bertz CT molecular complexity index is 485. The molecule has 1 amide bonds. The minimum absolute atomic E-state index is 0.0267. The summed E-state index contributed by atoms with van der Waals surface area (Å²) in [5, 5.41) is 1.25. The number of benzene rings is 1. The number of amides is 1. The molecular formula is C13H16N2O3. The number of carbonyl (C=O) groups is 2. The number of carbonyl (C=O) groups excluding carboxylic acids is 2. The van der Waals surface area contributed by atoms with Crippen LogP contribution in [0.25, 0.3) is 0 Å². The first-order valence-corrected chi connectivity index (χ1v) is 5.96. The Morgan fingerprint density at radius 2 is 2.28 bits per heavy atom. The molecule has 5 nitrogen and oxygen atoms in total. The topological polar surface area (TPSA) is 72.6 Å². The van der Waals surface area contributed by atoms with Gasteiger partial charge in [0.25, 0.3) is 5.91 Å². The fourth-order valence-electron chi connectivity index (χ4n) is 1.84. The Kier molecular flexibility index (Phi) is 3.62. The predicted molar refractivity (Wildman–Crippen MR) is 66.8 cm³/mol. The maximum Gasteiger partial charge on any atom is 0.277 e. The minimum Gasteiger partial charge on any atom is -0.399 e. The molecule has 1 heterocycles. The lowest BCUT2D eigenvalue weighted by Gasteiger charge is -2.27. The maximum atomic E-state index is 12.1. The van der Waals surface area contributed by atoms with E-state index in [4.69, 9.17) is 10.6 Å². The van der Waals surface area contributed by atoms with Gasteiger partial charge in [0.15, 0.2) is 5.78 Å². The van der Waals surface area contributed by atoms with Crippen LogP contribution in [0.15, 0.2) is 18.2 Å². The van der Waals surface area contributed by atoms with Gasteiger partial charge in [-0.3, -0.25) is 14.4 Å². The molecule has 1 aromatic rings. The predicted octanol–water partition coefficient (Wildman–Crippen LogP) is 1.18. The molecule has 1 aliphatic rings. The molecule has 0 aliphatic carbocycles. The van der Waals surface area contributed by atoms with Crippen LogP contribution in [-0.4, -0.2) is 29.9 Å². The van der Waals surface area contributed by atoms with Crippen LogP contribution in [0, 0.1) is 0 Å². The van der Waals surface area contributed by atoms with E-state index in [0.29, 0.717) is 30.6 Å². The van der Waals surface area contributed by atoms with Crippen LogP contribution < -0.4 is 5.73 Å². The van der Waals surface area contributed by atoms with Gasteiger partial charge in [0.1, 0.15) is 6.61 Å². The molecule has 1 aromatic carbocycles. The molecule has 0 bridgehead atoms. The Hall–Kier alpha value is -1.88. The molecule has 0 saturated carbocycles. The van der Waals surface area contributed by atoms with Crippen molar-refractivity contribution in [2.75, 3.05) is 18.9 Å². The highest BCUT2D eigenvalue weighted by Crippen LogP contribution is 2.21. The average Bonchev–Trinajstić information content (AvgIpc) is 2.38. The van der Waals surface area contributed by atoms with E-state index >= 15 is 0 Å². The van der Waals surface area contributed by atoms with Crippen LogP contribution in [0.5, 0.6) is 0 Å². The normalized spacial score (nSPS) is 14.5. The SMILES string of the molecule is CCC(=O)CON1CCc2ccc(N)cc2C1=O. The van der Waals surface area contributed by atoms with Crippen molar-refractivity contribution in [3.05, 3.63) is 29.3 Å². The number of hydrogen-bond acceptors (Lipinski definition) is 4. The van der Waals surface area contributed by atoms with E-state index < -0.39 is 0 Å². The monoisotopic (exact) mass is 248 g/mol. The van der Waals surface area contributed by atoms with E-state index in [1.165, 1.54) is 5.06 Å². The summed E-state index contributed by atoms with van der Waals surface area (Å²) in [5.41, 5.74) is 7.75. The van der Waals surface area contributed by atoms with Crippen LogP contribution in [0.2, 0.25) is 0 Å². The summed E-state index contributed by atoms with van der Waals surface area (Å²) >= 11 is 0. The third-order valence-corrected chi connectivity index (χ3v) is 2.95. The van der Waals surface area contributed by atoms with Crippen LogP contribution in [0.1, 0.15) is 29.3 Å². The second kappa shape index (κ2) is 5.18. The number of anilines is 1. The number of rotatable bonds is 4. The lowest BCUT2D eigenvalue weighted by molar-refractivity contribution is -0.149. The summed E-state index contributed by atoms with van der Waals surface area (Å²) in [6, 6.07) is 5.29. The van der Waals surface area contributed by atoms with Gasteiger partial charge in [-0.05, 0) is 24.1 Å². The molecule has 0 unspecified atom stereocenters. The standard InChI is InChI=1S/C13H16N2O3/c1-2-11(16)8-18-15-6-5-9-3-4-10(14)7-12(9)13(15)17/h3-4,7H,2,5-6,8,14H2,1H3. The number of ketones is 1. The number of nitrogens with zero attached hydrogens (tertiary/aromatic N) is 1. The van der Waals surface area contributed by atoms with E-state index in [9.17, 15) is 9.59 Å². The van der Waals surface area contributed by atoms with Gasteiger partial charge < -0.3 is 5.73 Å². The highest BCUT2D eigenvalue weighted by molar-refractivity contribution is 5.97.